The maximum Gasteiger partial charge on any atom is 0.279 e. The fraction of sp³-hybridized carbons (Fsp3) is 0.227. The van der Waals surface area contributed by atoms with Gasteiger partial charge in [0.2, 0.25) is 10.0 Å². The van der Waals surface area contributed by atoms with E-state index in [-0.39, 0.29) is 17.1 Å². The van der Waals surface area contributed by atoms with E-state index in [1.165, 1.54) is 25.5 Å². The Morgan fingerprint density at radius 3 is 2.48 bits per heavy atom. The number of ether oxygens (including phenoxy) is 1. The van der Waals surface area contributed by atoms with E-state index < -0.39 is 26.1 Å². The second-order valence-electron chi connectivity index (χ2n) is 7.32. The fourth-order valence-electron chi connectivity index (χ4n) is 3.45. The zero-order chi connectivity index (χ0) is 23.6. The third-order valence-corrected chi connectivity index (χ3v) is 8.20. The lowest BCUT2D eigenvalue weighted by Gasteiger charge is -2.21. The van der Waals surface area contributed by atoms with Gasteiger partial charge in [-0.25, -0.2) is 8.42 Å². The van der Waals surface area contributed by atoms with Gasteiger partial charge in [-0.2, -0.15) is 17.9 Å². The number of benzene rings is 2. The van der Waals surface area contributed by atoms with Crippen LogP contribution < -0.4 is 9.46 Å². The first kappa shape index (κ1) is 22.9. The lowest BCUT2D eigenvalue weighted by Crippen LogP contribution is -2.27. The van der Waals surface area contributed by atoms with Crippen LogP contribution in [0.1, 0.15) is 30.7 Å². The Labute approximate surface area is 192 Å². The summed E-state index contributed by atoms with van der Waals surface area (Å²) in [5, 5.41) is 4.44. The molecule has 11 heteroatoms. The molecule has 1 aromatic heterocycles. The van der Waals surface area contributed by atoms with Gasteiger partial charge in [0, 0.05) is 12.1 Å². The Morgan fingerprint density at radius 2 is 1.85 bits per heavy atom. The van der Waals surface area contributed by atoms with Gasteiger partial charge in [0.05, 0.1) is 29.7 Å². The van der Waals surface area contributed by atoms with Crippen molar-refractivity contribution >= 4 is 31.4 Å². The number of hydrogen-bond acceptors (Lipinski definition) is 7. The molecule has 0 aliphatic carbocycles. The van der Waals surface area contributed by atoms with Crippen molar-refractivity contribution in [1.29, 1.82) is 0 Å². The Kier molecular flexibility index (Phi) is 6.17. The molecule has 1 aliphatic heterocycles. The van der Waals surface area contributed by atoms with E-state index in [1.807, 2.05) is 0 Å². The minimum absolute atomic E-state index is 0.0629. The third-order valence-electron chi connectivity index (χ3n) is 5.20. The van der Waals surface area contributed by atoms with E-state index in [0.717, 1.165) is 4.41 Å². The Hall–Kier alpha value is -3.31. The molecule has 0 amide bonds. The molecule has 2 heterocycles. The van der Waals surface area contributed by atoms with Crippen LogP contribution in [0.15, 0.2) is 81.3 Å². The van der Waals surface area contributed by atoms with E-state index in [4.69, 9.17) is 9.15 Å². The molecule has 0 spiro atoms. The van der Waals surface area contributed by atoms with Gasteiger partial charge >= 0.3 is 0 Å². The van der Waals surface area contributed by atoms with E-state index in [2.05, 4.69) is 9.82 Å². The molecule has 4 rings (SSSR count). The molecule has 2 aromatic carbocycles. The van der Waals surface area contributed by atoms with Crippen LogP contribution in [0, 0.1) is 0 Å². The van der Waals surface area contributed by atoms with Crippen LogP contribution >= 0.6 is 0 Å². The monoisotopic (exact) mass is 489 g/mol. The second-order valence-corrected chi connectivity index (χ2v) is 11.1. The Bertz CT molecular complexity index is 1370. The topological polar surface area (TPSA) is 118 Å². The fourth-order valence-corrected chi connectivity index (χ4v) is 5.49. The molecule has 9 nitrogen and oxygen atoms in total. The van der Waals surface area contributed by atoms with Gasteiger partial charge in [0.1, 0.15) is 17.6 Å². The zero-order valence-corrected chi connectivity index (χ0v) is 19.6. The normalized spacial score (nSPS) is 16.5. The summed E-state index contributed by atoms with van der Waals surface area (Å²) < 4.78 is 65.0. The number of methoxy groups -OCH3 is 1. The molecule has 1 aliphatic rings. The number of hydrazone groups is 1. The van der Waals surface area contributed by atoms with Crippen molar-refractivity contribution in [1.82, 2.24) is 4.41 Å². The summed E-state index contributed by atoms with van der Waals surface area (Å²) >= 11 is 0. The van der Waals surface area contributed by atoms with Crippen LogP contribution in [0.3, 0.4) is 0 Å². The lowest BCUT2D eigenvalue weighted by molar-refractivity contribution is 0.320. The molecule has 0 fully saturated rings. The number of sulfonamides is 2. The molecule has 3 aromatic rings. The maximum atomic E-state index is 13.5. The van der Waals surface area contributed by atoms with Gasteiger partial charge in [0.25, 0.3) is 10.0 Å². The lowest BCUT2D eigenvalue weighted by atomic mass is 10.0. The van der Waals surface area contributed by atoms with E-state index in [0.29, 0.717) is 28.5 Å². The van der Waals surface area contributed by atoms with Crippen molar-refractivity contribution in [2.75, 3.05) is 17.6 Å². The van der Waals surface area contributed by atoms with Crippen molar-refractivity contribution in [3.63, 3.8) is 0 Å². The first-order chi connectivity index (χ1) is 15.7. The summed E-state index contributed by atoms with van der Waals surface area (Å²) in [6, 6.07) is 15.5. The minimum Gasteiger partial charge on any atom is -0.497 e. The van der Waals surface area contributed by atoms with Crippen molar-refractivity contribution in [2.45, 2.75) is 24.3 Å². The van der Waals surface area contributed by atoms with E-state index in [9.17, 15) is 16.8 Å². The molecule has 0 radical (unpaired) electrons. The van der Waals surface area contributed by atoms with Gasteiger partial charge in [-0.1, -0.05) is 12.1 Å². The smallest absolute Gasteiger partial charge is 0.279 e. The number of hydrogen-bond donors (Lipinski definition) is 1. The average molecular weight is 490 g/mol. The third kappa shape index (κ3) is 4.74. The Morgan fingerprint density at radius 1 is 1.09 bits per heavy atom. The largest absolute Gasteiger partial charge is 0.497 e. The zero-order valence-electron chi connectivity index (χ0n) is 18.0. The van der Waals surface area contributed by atoms with Crippen molar-refractivity contribution in [2.24, 2.45) is 5.10 Å². The second kappa shape index (κ2) is 8.91. The number of anilines is 1. The standard InChI is InChI=1S/C22H23N3O6S2/c1-3-32(26,27)24-17-7-4-6-16(14-17)20-15-21(22-8-5-13-31-22)25(23-20)33(28,29)19-11-9-18(30-2)10-12-19/h4-14,21,24H,3,15H2,1-2H3. The van der Waals surface area contributed by atoms with Gasteiger partial charge in [-0.05, 0) is 61.0 Å². The minimum atomic E-state index is -4.00. The Balaban J connectivity index is 1.73. The molecule has 1 unspecified atom stereocenters. The molecule has 0 saturated carbocycles. The average Bonchev–Trinajstić information content (AvgIpc) is 3.49. The molecule has 33 heavy (non-hydrogen) atoms. The molecular weight excluding hydrogens is 466 g/mol. The van der Waals surface area contributed by atoms with Crippen LogP contribution in [0.25, 0.3) is 0 Å². The number of rotatable bonds is 8. The summed E-state index contributed by atoms with van der Waals surface area (Å²) in [6.07, 6.45) is 1.73. The molecule has 1 atom stereocenters. The SMILES string of the molecule is CCS(=O)(=O)Nc1cccc(C2=NN(S(=O)(=O)c3ccc(OC)cc3)C(c3ccco3)C2)c1. The van der Waals surface area contributed by atoms with Crippen LogP contribution in [-0.2, 0) is 20.0 Å². The predicted octanol–water partition coefficient (Wildman–Crippen LogP) is 3.59. The highest BCUT2D eigenvalue weighted by molar-refractivity contribution is 7.92. The van der Waals surface area contributed by atoms with Crippen LogP contribution in [0.5, 0.6) is 5.75 Å². The van der Waals surface area contributed by atoms with E-state index in [1.54, 1.807) is 55.5 Å². The van der Waals surface area contributed by atoms with Gasteiger partial charge in [-0.3, -0.25) is 4.72 Å². The van der Waals surface area contributed by atoms with Crippen LogP contribution in [-0.4, -0.2) is 39.8 Å². The maximum absolute atomic E-state index is 13.5. The van der Waals surface area contributed by atoms with E-state index >= 15 is 0 Å². The number of nitrogens with zero attached hydrogens (tertiary/aromatic N) is 2. The summed E-state index contributed by atoms with van der Waals surface area (Å²) in [5.41, 5.74) is 1.48. The van der Waals surface area contributed by atoms with Gasteiger partial charge in [-0.15, -0.1) is 0 Å². The highest BCUT2D eigenvalue weighted by Crippen LogP contribution is 2.37. The number of furan rings is 1. The van der Waals surface area contributed by atoms with Crippen molar-refractivity contribution in [3.8, 4) is 5.75 Å². The first-order valence-electron chi connectivity index (χ1n) is 10.1. The summed E-state index contributed by atoms with van der Waals surface area (Å²) in [5.74, 6) is 0.925. The molecule has 1 N–H and O–H groups in total. The summed E-state index contributed by atoms with van der Waals surface area (Å²) in [4.78, 5) is 0.0642. The highest BCUT2D eigenvalue weighted by atomic mass is 32.2. The summed E-state index contributed by atoms with van der Waals surface area (Å²) in [6.45, 7) is 1.54. The quantitative estimate of drug-likeness (QED) is 0.517. The molecule has 0 bridgehead atoms. The predicted molar refractivity (Wildman–Crippen MR) is 124 cm³/mol. The molecule has 0 saturated heterocycles. The van der Waals surface area contributed by atoms with Gasteiger partial charge in [0.15, 0.2) is 0 Å². The summed E-state index contributed by atoms with van der Waals surface area (Å²) in [7, 11) is -5.96. The number of nitrogens with one attached hydrogen (secondary N) is 1. The van der Waals surface area contributed by atoms with Crippen LogP contribution in [0.2, 0.25) is 0 Å². The van der Waals surface area contributed by atoms with Crippen molar-refractivity contribution in [3.05, 3.63) is 78.3 Å². The molecule has 174 valence electrons. The van der Waals surface area contributed by atoms with Crippen molar-refractivity contribution < 1.29 is 26.0 Å². The highest BCUT2D eigenvalue weighted by Gasteiger charge is 2.39. The van der Waals surface area contributed by atoms with Gasteiger partial charge < -0.3 is 9.15 Å². The van der Waals surface area contributed by atoms with Crippen LogP contribution in [0.4, 0.5) is 5.69 Å². The molecular formula is C22H23N3O6S2. The first-order valence-corrected chi connectivity index (χ1v) is 13.2.